The van der Waals surface area contributed by atoms with Gasteiger partial charge in [0.15, 0.2) is 11.5 Å². The minimum atomic E-state index is -0.0000265. The molecule has 0 saturated heterocycles. The van der Waals surface area contributed by atoms with Crippen LogP contribution in [0.15, 0.2) is 36.4 Å². The molecule has 2 aromatic carbocycles. The fourth-order valence-corrected chi connectivity index (χ4v) is 2.35. The van der Waals surface area contributed by atoms with Gasteiger partial charge in [0.2, 0.25) is 6.79 Å². The number of phenolic OH excluding ortho intramolecular Hbond substituents is 1. The van der Waals surface area contributed by atoms with Crippen LogP contribution in [0.25, 0.3) is 0 Å². The maximum absolute atomic E-state index is 9.52. The molecule has 0 aliphatic carbocycles. The number of ether oxygens (including phenoxy) is 2. The molecule has 2 aromatic rings. The molecule has 0 amide bonds. The van der Waals surface area contributed by atoms with Crippen molar-refractivity contribution >= 4 is 17.3 Å². The number of rotatable bonds is 3. The van der Waals surface area contributed by atoms with Gasteiger partial charge in [-0.2, -0.15) is 0 Å². The lowest BCUT2D eigenvalue weighted by Crippen LogP contribution is -2.06. The third-order valence-corrected chi connectivity index (χ3v) is 3.52. The first-order valence-corrected chi connectivity index (χ1v) is 6.66. The van der Waals surface area contributed by atoms with Crippen LogP contribution < -0.4 is 14.8 Å². The summed E-state index contributed by atoms with van der Waals surface area (Å²) in [6.45, 7) is 2.22. The maximum atomic E-state index is 9.52. The van der Waals surface area contributed by atoms with Crippen LogP contribution in [0.4, 0.5) is 5.69 Å². The molecule has 0 saturated carbocycles. The summed E-state index contributed by atoms with van der Waals surface area (Å²) in [6, 6.07) is 10.7. The Labute approximate surface area is 121 Å². The number of halogens is 1. The van der Waals surface area contributed by atoms with Gasteiger partial charge >= 0.3 is 0 Å². The van der Waals surface area contributed by atoms with Crippen molar-refractivity contribution < 1.29 is 14.6 Å². The molecule has 1 aliphatic rings. The highest BCUT2D eigenvalue weighted by atomic mass is 35.5. The fraction of sp³-hybridized carbons (Fsp3) is 0.200. The van der Waals surface area contributed by atoms with Crippen LogP contribution in [0, 0.1) is 0 Å². The van der Waals surface area contributed by atoms with Gasteiger partial charge in [-0.05, 0) is 24.6 Å². The summed E-state index contributed by atoms with van der Waals surface area (Å²) >= 11 is 6.22. The number of phenols is 1. The predicted molar refractivity (Wildman–Crippen MR) is 77.7 cm³/mol. The van der Waals surface area contributed by atoms with Crippen molar-refractivity contribution in [3.05, 3.63) is 47.0 Å². The molecule has 1 unspecified atom stereocenters. The second kappa shape index (κ2) is 5.13. The molecular weight excluding hydrogens is 278 g/mol. The summed E-state index contributed by atoms with van der Waals surface area (Å²) in [6.07, 6.45) is 0. The monoisotopic (exact) mass is 291 g/mol. The molecule has 0 spiro atoms. The molecule has 0 fully saturated rings. The zero-order valence-corrected chi connectivity index (χ0v) is 11.6. The molecule has 1 atom stereocenters. The third kappa shape index (κ3) is 2.47. The Morgan fingerprint density at radius 2 is 1.95 bits per heavy atom. The topological polar surface area (TPSA) is 50.7 Å². The Balaban J connectivity index is 1.84. The van der Waals surface area contributed by atoms with E-state index in [4.69, 9.17) is 21.1 Å². The van der Waals surface area contributed by atoms with Gasteiger partial charge in [0, 0.05) is 18.2 Å². The van der Waals surface area contributed by atoms with Crippen LogP contribution in [0.5, 0.6) is 17.2 Å². The average Bonchev–Trinajstić information content (AvgIpc) is 2.86. The van der Waals surface area contributed by atoms with Gasteiger partial charge in [-0.15, -0.1) is 0 Å². The second-order valence-electron chi connectivity index (χ2n) is 4.65. The van der Waals surface area contributed by atoms with Gasteiger partial charge < -0.3 is 19.9 Å². The van der Waals surface area contributed by atoms with Crippen LogP contribution in [0.3, 0.4) is 0 Å². The van der Waals surface area contributed by atoms with E-state index < -0.39 is 0 Å². The quantitative estimate of drug-likeness (QED) is 0.899. The number of hydrogen-bond donors (Lipinski definition) is 2. The summed E-state index contributed by atoms with van der Waals surface area (Å²) in [4.78, 5) is 0. The van der Waals surface area contributed by atoms with Gasteiger partial charge in [0.1, 0.15) is 5.75 Å². The van der Waals surface area contributed by atoms with Crippen molar-refractivity contribution in [2.24, 2.45) is 0 Å². The molecule has 5 heteroatoms. The lowest BCUT2D eigenvalue weighted by Gasteiger charge is -2.17. The fourth-order valence-electron chi connectivity index (χ4n) is 2.14. The van der Waals surface area contributed by atoms with Crippen LogP contribution in [0.1, 0.15) is 18.5 Å². The Morgan fingerprint density at radius 3 is 2.70 bits per heavy atom. The molecule has 2 N–H and O–H groups in total. The number of benzene rings is 2. The summed E-state index contributed by atoms with van der Waals surface area (Å²) in [5, 5.41) is 13.4. The van der Waals surface area contributed by atoms with Crippen molar-refractivity contribution in [2.45, 2.75) is 13.0 Å². The molecule has 1 heterocycles. The van der Waals surface area contributed by atoms with Crippen molar-refractivity contribution in [2.75, 3.05) is 12.1 Å². The number of fused-ring (bicyclic) bond motifs is 1. The van der Waals surface area contributed by atoms with E-state index >= 15 is 0 Å². The number of aromatic hydroxyl groups is 1. The van der Waals surface area contributed by atoms with E-state index in [1.54, 1.807) is 18.2 Å². The van der Waals surface area contributed by atoms with Crippen LogP contribution in [-0.2, 0) is 0 Å². The van der Waals surface area contributed by atoms with E-state index in [-0.39, 0.29) is 18.6 Å². The van der Waals surface area contributed by atoms with Crippen LogP contribution in [0.2, 0.25) is 5.02 Å². The summed E-state index contributed by atoms with van der Waals surface area (Å²) < 4.78 is 10.6. The third-order valence-electron chi connectivity index (χ3n) is 3.20. The first kappa shape index (κ1) is 12.9. The standard InChI is InChI=1S/C15H14ClNO3/c1-9(10-3-2-4-11(18)5-10)17-13-7-15-14(6-12(13)16)19-8-20-15/h2-7,9,17-18H,8H2,1H3. The molecule has 104 valence electrons. The van der Waals surface area contributed by atoms with E-state index in [0.29, 0.717) is 16.5 Å². The van der Waals surface area contributed by atoms with Crippen molar-refractivity contribution in [3.63, 3.8) is 0 Å². The molecule has 4 nitrogen and oxygen atoms in total. The largest absolute Gasteiger partial charge is 0.508 e. The van der Waals surface area contributed by atoms with Crippen molar-refractivity contribution in [1.82, 2.24) is 0 Å². The Kier molecular flexibility index (Phi) is 3.32. The lowest BCUT2D eigenvalue weighted by molar-refractivity contribution is 0.174. The highest BCUT2D eigenvalue weighted by molar-refractivity contribution is 6.33. The molecule has 0 bridgehead atoms. The maximum Gasteiger partial charge on any atom is 0.231 e. The molecule has 0 radical (unpaired) electrons. The lowest BCUT2D eigenvalue weighted by atomic mass is 10.1. The van der Waals surface area contributed by atoms with Gasteiger partial charge in [0.25, 0.3) is 0 Å². The number of nitrogens with one attached hydrogen (secondary N) is 1. The number of hydrogen-bond acceptors (Lipinski definition) is 4. The zero-order valence-electron chi connectivity index (χ0n) is 10.9. The minimum Gasteiger partial charge on any atom is -0.508 e. The van der Waals surface area contributed by atoms with Crippen molar-refractivity contribution in [1.29, 1.82) is 0 Å². The Bertz CT molecular complexity index is 645. The van der Waals surface area contributed by atoms with Crippen LogP contribution >= 0.6 is 11.6 Å². The SMILES string of the molecule is CC(Nc1cc2c(cc1Cl)OCO2)c1cccc(O)c1. The zero-order chi connectivity index (χ0) is 14.1. The first-order valence-electron chi connectivity index (χ1n) is 6.28. The van der Waals surface area contributed by atoms with Crippen molar-refractivity contribution in [3.8, 4) is 17.2 Å². The Hall–Kier alpha value is -2.07. The van der Waals surface area contributed by atoms with E-state index in [2.05, 4.69) is 5.32 Å². The molecule has 0 aromatic heterocycles. The van der Waals surface area contributed by atoms with E-state index in [1.807, 2.05) is 25.1 Å². The Morgan fingerprint density at radius 1 is 1.20 bits per heavy atom. The minimum absolute atomic E-state index is 0.0000265. The molecule has 3 rings (SSSR count). The smallest absolute Gasteiger partial charge is 0.231 e. The van der Waals surface area contributed by atoms with Crippen LogP contribution in [-0.4, -0.2) is 11.9 Å². The molecule has 1 aliphatic heterocycles. The first-order chi connectivity index (χ1) is 9.63. The van der Waals surface area contributed by atoms with Gasteiger partial charge in [-0.1, -0.05) is 23.7 Å². The molecule has 20 heavy (non-hydrogen) atoms. The summed E-state index contributed by atoms with van der Waals surface area (Å²) in [5.74, 6) is 1.58. The predicted octanol–water partition coefficient (Wildman–Crippen LogP) is 3.95. The molecular formula is C15H14ClNO3. The second-order valence-corrected chi connectivity index (χ2v) is 5.05. The number of anilines is 1. The highest BCUT2D eigenvalue weighted by Gasteiger charge is 2.17. The highest BCUT2D eigenvalue weighted by Crippen LogP contribution is 2.40. The van der Waals surface area contributed by atoms with Gasteiger partial charge in [-0.25, -0.2) is 0 Å². The van der Waals surface area contributed by atoms with E-state index in [0.717, 1.165) is 11.3 Å². The van der Waals surface area contributed by atoms with E-state index in [1.165, 1.54) is 0 Å². The van der Waals surface area contributed by atoms with E-state index in [9.17, 15) is 5.11 Å². The average molecular weight is 292 g/mol. The summed E-state index contributed by atoms with van der Waals surface area (Å²) in [7, 11) is 0. The van der Waals surface area contributed by atoms with Gasteiger partial charge in [-0.3, -0.25) is 0 Å². The normalized spacial score (nSPS) is 14.1. The summed E-state index contributed by atoms with van der Waals surface area (Å²) in [5.41, 5.74) is 1.74. The van der Waals surface area contributed by atoms with Gasteiger partial charge in [0.05, 0.1) is 10.7 Å².